The Morgan fingerprint density at radius 3 is 2.51 bits per heavy atom. The number of aromatic nitrogens is 3. The third-order valence-corrected chi connectivity index (χ3v) is 16.1. The largest absolute Gasteiger partial charge is 0.474 e. The molecular weight excluding hydrogens is 883 g/mol. The topological polar surface area (TPSA) is 188 Å². The number of fused-ring (bicyclic) bond motifs is 3. The van der Waals surface area contributed by atoms with Crippen molar-refractivity contribution in [2.45, 2.75) is 87.9 Å². The van der Waals surface area contributed by atoms with Crippen LogP contribution >= 0.6 is 0 Å². The van der Waals surface area contributed by atoms with Gasteiger partial charge in [0.15, 0.2) is 10.7 Å². The van der Waals surface area contributed by atoms with Crippen molar-refractivity contribution in [1.82, 2.24) is 24.6 Å². The molecule has 1 amide bonds. The van der Waals surface area contributed by atoms with Crippen molar-refractivity contribution >= 4 is 55.4 Å². The molecule has 1 saturated carbocycles. The second kappa shape index (κ2) is 17.4. The Balaban J connectivity index is 0.845. The molecule has 3 N–H and O–H groups in total. The highest BCUT2D eigenvalue weighted by atomic mass is 32.2. The molecule has 0 radical (unpaired) electrons. The van der Waals surface area contributed by atoms with Crippen LogP contribution in [0.15, 0.2) is 102 Å². The number of likely N-dealkylation sites (tertiary alicyclic amines) is 1. The van der Waals surface area contributed by atoms with E-state index in [9.17, 15) is 23.3 Å². The van der Waals surface area contributed by atoms with E-state index in [1.807, 2.05) is 59.5 Å². The van der Waals surface area contributed by atoms with Gasteiger partial charge in [0.25, 0.3) is 15.9 Å². The average Bonchev–Trinajstić information content (AvgIpc) is 4.02. The molecule has 5 aliphatic rings. The highest BCUT2D eigenvalue weighted by molar-refractivity contribution is 7.90. The summed E-state index contributed by atoms with van der Waals surface area (Å²) >= 11 is 0. The van der Waals surface area contributed by atoms with Crippen LogP contribution in [0.25, 0.3) is 11.0 Å². The Morgan fingerprint density at radius 2 is 1.72 bits per heavy atom. The quantitative estimate of drug-likeness (QED) is 0.0828. The summed E-state index contributed by atoms with van der Waals surface area (Å²) in [5.74, 6) is -0.283. The van der Waals surface area contributed by atoms with Crippen LogP contribution in [0.5, 0.6) is 11.8 Å². The molecule has 2 atom stereocenters. The molecule has 1 unspecified atom stereocenters. The first kappa shape index (κ1) is 43.8. The Labute approximate surface area is 395 Å². The zero-order chi connectivity index (χ0) is 46.7. The summed E-state index contributed by atoms with van der Waals surface area (Å²) in [5.41, 5.74) is 6.46. The lowest BCUT2D eigenvalue weighted by atomic mass is 9.59. The van der Waals surface area contributed by atoms with Crippen molar-refractivity contribution in [3.8, 4) is 11.8 Å². The fraction of sp³-hybridized carbons (Fsp3) is 0.392. The second-order valence-electron chi connectivity index (χ2n) is 19.4. The third kappa shape index (κ3) is 8.14. The minimum absolute atomic E-state index is 0.0225. The maximum atomic E-state index is 14.4. The van der Waals surface area contributed by atoms with E-state index in [2.05, 4.69) is 67.9 Å². The maximum absolute atomic E-state index is 14.4. The molecule has 3 aromatic heterocycles. The number of anilines is 4. The fourth-order valence-electron chi connectivity index (χ4n) is 11.4. The van der Waals surface area contributed by atoms with Crippen LogP contribution in [-0.2, 0) is 16.4 Å². The molecule has 3 aromatic carbocycles. The number of amides is 1. The van der Waals surface area contributed by atoms with Gasteiger partial charge in [-0.1, -0.05) is 68.4 Å². The van der Waals surface area contributed by atoms with E-state index in [0.29, 0.717) is 59.3 Å². The Kier molecular flexibility index (Phi) is 11.2. The molecule has 17 heteroatoms. The van der Waals surface area contributed by atoms with Gasteiger partial charge in [-0.2, -0.15) is 18.4 Å². The number of rotatable bonds is 11. The number of carbonyl (C=O) groups excluding carboxylic acids is 1. The lowest BCUT2D eigenvalue weighted by Crippen LogP contribution is -2.55. The predicted octanol–water partition coefficient (Wildman–Crippen LogP) is 8.64. The molecular formula is C51H55N9O7S. The smallest absolute Gasteiger partial charge is 0.300 e. The number of H-pyrrole nitrogens is 1. The molecule has 4 aliphatic heterocycles. The standard InChI is InChI=1S/C51H55N9O7S/c1-32(2)38-11-6-7-12-39(38)41-13-8-20-58(41)37-29-51(30-37)17-21-57(22-18-51)36-14-15-40(42(27-36)59-23-24-66-49-44(59)26-34-16-19-52-47(34)55-49)48(61)56-68(64,65)45-28-43(60(62)63)46-50(54-45)67-31-35(53-46)25-33-9-4-3-5-10-33/h3-7,9-12,14-16,19,26-28,32,35,37,41,53H,8,13,17-18,20-25,29-31H2,1-2H3,(H,52,55)(H,56,61)/t35-,41?/m0/s1. The lowest BCUT2D eigenvalue weighted by Gasteiger charge is -2.56. The van der Waals surface area contributed by atoms with Crippen LogP contribution in [0.4, 0.5) is 28.4 Å². The molecule has 16 nitrogen and oxygen atoms in total. The molecule has 11 rings (SSSR count). The minimum Gasteiger partial charge on any atom is -0.474 e. The molecule has 1 aliphatic carbocycles. The molecule has 352 valence electrons. The summed E-state index contributed by atoms with van der Waals surface area (Å²) in [4.78, 5) is 45.3. The van der Waals surface area contributed by atoms with Crippen LogP contribution in [0.1, 0.15) is 91.4 Å². The Bertz CT molecular complexity index is 3020. The van der Waals surface area contributed by atoms with Crippen molar-refractivity contribution < 1.29 is 27.6 Å². The third-order valence-electron chi connectivity index (χ3n) is 14.8. The summed E-state index contributed by atoms with van der Waals surface area (Å²) in [6.07, 6.45) is 9.26. The van der Waals surface area contributed by atoms with Gasteiger partial charge in [0, 0.05) is 42.4 Å². The highest BCUT2D eigenvalue weighted by Gasteiger charge is 2.50. The number of nitro groups is 1. The number of carbonyl (C=O) groups is 1. The number of benzene rings is 3. The van der Waals surface area contributed by atoms with E-state index in [1.54, 1.807) is 12.3 Å². The molecule has 3 fully saturated rings. The van der Waals surface area contributed by atoms with Crippen molar-refractivity contribution in [3.05, 3.63) is 130 Å². The first-order chi connectivity index (χ1) is 32.9. The van der Waals surface area contributed by atoms with Gasteiger partial charge in [-0.3, -0.25) is 19.8 Å². The number of aromatic amines is 1. The summed E-state index contributed by atoms with van der Waals surface area (Å²) in [6, 6.07) is 29.5. The van der Waals surface area contributed by atoms with E-state index in [0.717, 1.165) is 55.2 Å². The SMILES string of the molecule is CC(C)c1ccccc1C1CCCN1C1CC2(CCN(c3ccc(C(=O)NS(=O)(=O)c4cc([N+](=O)[O-])c5c(n4)OC[C@H](Cc4ccccc4)N5)c(N4CCOc5nc6[nH]ccc6cc54)c3)CC2)C1. The lowest BCUT2D eigenvalue weighted by molar-refractivity contribution is -0.384. The number of piperidine rings is 1. The number of nitrogens with zero attached hydrogens (tertiary/aromatic N) is 6. The van der Waals surface area contributed by atoms with Crippen LogP contribution in [0.2, 0.25) is 0 Å². The first-order valence-corrected chi connectivity index (χ1v) is 25.2. The molecule has 1 spiro atoms. The van der Waals surface area contributed by atoms with Gasteiger partial charge in [0.2, 0.25) is 11.8 Å². The normalized spacial score (nSPS) is 20.3. The van der Waals surface area contributed by atoms with Crippen molar-refractivity contribution in [2.24, 2.45) is 5.41 Å². The number of pyridine rings is 2. The van der Waals surface area contributed by atoms with Gasteiger partial charge in [-0.25, -0.2) is 4.72 Å². The fourth-order valence-corrected chi connectivity index (χ4v) is 12.3. The van der Waals surface area contributed by atoms with E-state index >= 15 is 0 Å². The molecule has 7 heterocycles. The number of hydrogen-bond acceptors (Lipinski definition) is 13. The zero-order valence-electron chi connectivity index (χ0n) is 38.2. The van der Waals surface area contributed by atoms with Gasteiger partial charge >= 0.3 is 5.69 Å². The van der Waals surface area contributed by atoms with Crippen LogP contribution in [0.3, 0.4) is 0 Å². The molecule has 0 bridgehead atoms. The van der Waals surface area contributed by atoms with Gasteiger partial charge in [-0.15, -0.1) is 0 Å². The number of ether oxygens (including phenoxy) is 2. The molecule has 2 saturated heterocycles. The summed E-state index contributed by atoms with van der Waals surface area (Å²) < 4.78 is 42.2. The van der Waals surface area contributed by atoms with E-state index in [-0.39, 0.29) is 36.4 Å². The zero-order valence-corrected chi connectivity index (χ0v) is 39.0. The molecule has 6 aromatic rings. The number of nitrogens with one attached hydrogen (secondary N) is 3. The Hall–Kier alpha value is -6.72. The summed E-state index contributed by atoms with van der Waals surface area (Å²) in [5, 5.41) is 15.7. The van der Waals surface area contributed by atoms with E-state index < -0.39 is 31.6 Å². The summed E-state index contributed by atoms with van der Waals surface area (Å²) in [6.45, 7) is 8.15. The van der Waals surface area contributed by atoms with Crippen LogP contribution < -0.4 is 29.3 Å². The summed E-state index contributed by atoms with van der Waals surface area (Å²) in [7, 11) is -4.76. The monoisotopic (exact) mass is 937 g/mol. The average molecular weight is 938 g/mol. The second-order valence-corrected chi connectivity index (χ2v) is 21.0. The van der Waals surface area contributed by atoms with Crippen LogP contribution in [-0.4, -0.2) is 90.6 Å². The number of hydrogen-bond donors (Lipinski definition) is 3. The first-order valence-electron chi connectivity index (χ1n) is 23.7. The Morgan fingerprint density at radius 1 is 0.926 bits per heavy atom. The van der Waals surface area contributed by atoms with Crippen molar-refractivity contribution in [1.29, 1.82) is 0 Å². The van der Waals surface area contributed by atoms with Crippen molar-refractivity contribution in [2.75, 3.05) is 54.5 Å². The maximum Gasteiger partial charge on any atom is 0.300 e. The van der Waals surface area contributed by atoms with Gasteiger partial charge in [0.05, 0.1) is 34.8 Å². The van der Waals surface area contributed by atoms with E-state index in [1.165, 1.54) is 36.8 Å². The highest BCUT2D eigenvalue weighted by Crippen LogP contribution is 2.54. The minimum atomic E-state index is -4.76. The van der Waals surface area contributed by atoms with E-state index in [4.69, 9.17) is 14.5 Å². The number of sulfonamides is 1. The van der Waals surface area contributed by atoms with Gasteiger partial charge in [-0.05, 0) is 110 Å². The van der Waals surface area contributed by atoms with Gasteiger partial charge in [0.1, 0.15) is 24.5 Å². The molecule has 68 heavy (non-hydrogen) atoms. The van der Waals surface area contributed by atoms with Crippen molar-refractivity contribution in [3.63, 3.8) is 0 Å². The van der Waals surface area contributed by atoms with Gasteiger partial charge < -0.3 is 29.6 Å². The van der Waals surface area contributed by atoms with Crippen LogP contribution in [0, 0.1) is 15.5 Å². The predicted molar refractivity (Wildman–Crippen MR) is 260 cm³/mol.